The molecule has 0 aliphatic carbocycles. The van der Waals surface area contributed by atoms with Gasteiger partial charge in [-0.05, 0) is 29.3 Å². The van der Waals surface area contributed by atoms with Crippen LogP contribution in [0.2, 0.25) is 0 Å². The maximum absolute atomic E-state index is 11.1. The molecule has 1 aromatic carbocycles. The van der Waals surface area contributed by atoms with Crippen molar-refractivity contribution in [3.05, 3.63) is 65.6 Å². The Bertz CT molecular complexity index is 1020. The maximum atomic E-state index is 11.1. The summed E-state index contributed by atoms with van der Waals surface area (Å²) in [6.45, 7) is 5.79. The molecule has 0 atom stereocenters. The standard InChI is InChI=1S/C23H25N3O4/c1-14-18-9-24-6-5-17(18)19(12-25(14)2)15-7-21(29-3)20(22(8-15)30-4)13-26-10-16(11-26)23(27)28/h5-9,12,16H,1,10-11,13H2,2-4H3,(H,27,28). The zero-order chi connectivity index (χ0) is 21.4. The molecule has 0 radical (unpaired) electrons. The maximum Gasteiger partial charge on any atom is 0.309 e. The molecule has 0 saturated carbocycles. The number of pyridine rings is 1. The number of nitrogens with zero attached hydrogens (tertiary/aromatic N) is 3. The normalized spacial score (nSPS) is 16.6. The largest absolute Gasteiger partial charge is 0.496 e. The highest BCUT2D eigenvalue weighted by Gasteiger charge is 2.33. The molecule has 156 valence electrons. The summed E-state index contributed by atoms with van der Waals surface area (Å²) in [6, 6.07) is 5.99. The number of benzene rings is 1. The molecule has 1 N–H and O–H groups in total. The molecule has 2 aromatic rings. The van der Waals surface area contributed by atoms with E-state index in [2.05, 4.69) is 16.5 Å². The van der Waals surface area contributed by atoms with Gasteiger partial charge in [-0.1, -0.05) is 6.58 Å². The van der Waals surface area contributed by atoms with Gasteiger partial charge in [0.25, 0.3) is 0 Å². The predicted molar refractivity (Wildman–Crippen MR) is 114 cm³/mol. The molecule has 4 rings (SSSR count). The lowest BCUT2D eigenvalue weighted by Gasteiger charge is -2.37. The summed E-state index contributed by atoms with van der Waals surface area (Å²) in [5.41, 5.74) is 5.84. The third-order valence-corrected chi connectivity index (χ3v) is 5.78. The van der Waals surface area contributed by atoms with E-state index in [0.717, 1.165) is 33.5 Å². The molecule has 0 unspecified atom stereocenters. The van der Waals surface area contributed by atoms with E-state index in [1.54, 1.807) is 20.4 Å². The number of methoxy groups -OCH3 is 2. The van der Waals surface area contributed by atoms with Gasteiger partial charge in [-0.3, -0.25) is 14.7 Å². The fourth-order valence-corrected chi connectivity index (χ4v) is 3.99. The van der Waals surface area contributed by atoms with Crippen LogP contribution >= 0.6 is 0 Å². The van der Waals surface area contributed by atoms with E-state index in [0.29, 0.717) is 31.1 Å². The number of hydrogen-bond donors (Lipinski definition) is 1. The molecule has 7 heteroatoms. The van der Waals surface area contributed by atoms with Crippen LogP contribution in [-0.4, -0.2) is 60.2 Å². The van der Waals surface area contributed by atoms with Crippen molar-refractivity contribution in [2.75, 3.05) is 34.4 Å². The third kappa shape index (κ3) is 3.41. The number of carboxylic acid groups (broad SMARTS) is 1. The summed E-state index contributed by atoms with van der Waals surface area (Å²) >= 11 is 0. The van der Waals surface area contributed by atoms with Gasteiger partial charge in [-0.2, -0.15) is 0 Å². The lowest BCUT2D eigenvalue weighted by atomic mass is 9.90. The van der Waals surface area contributed by atoms with E-state index in [9.17, 15) is 4.79 Å². The summed E-state index contributed by atoms with van der Waals surface area (Å²) in [4.78, 5) is 19.4. The van der Waals surface area contributed by atoms with Crippen LogP contribution in [0, 0.1) is 5.92 Å². The lowest BCUT2D eigenvalue weighted by molar-refractivity contribution is -0.147. The van der Waals surface area contributed by atoms with Crippen LogP contribution in [0.25, 0.3) is 11.3 Å². The average Bonchev–Trinajstić information content (AvgIpc) is 2.72. The van der Waals surface area contributed by atoms with Crippen LogP contribution in [-0.2, 0) is 11.3 Å². The van der Waals surface area contributed by atoms with Gasteiger partial charge in [0.15, 0.2) is 0 Å². The molecule has 3 heterocycles. The zero-order valence-electron chi connectivity index (χ0n) is 17.4. The van der Waals surface area contributed by atoms with Crippen molar-refractivity contribution in [1.82, 2.24) is 14.8 Å². The van der Waals surface area contributed by atoms with Crippen molar-refractivity contribution >= 4 is 17.2 Å². The fourth-order valence-electron chi connectivity index (χ4n) is 3.99. The first-order chi connectivity index (χ1) is 14.4. The number of ether oxygens (including phenoxy) is 2. The Morgan fingerprint density at radius 3 is 2.50 bits per heavy atom. The van der Waals surface area contributed by atoms with Crippen molar-refractivity contribution in [3.63, 3.8) is 0 Å². The number of aliphatic carboxylic acids is 1. The quantitative estimate of drug-likeness (QED) is 0.789. The zero-order valence-corrected chi connectivity index (χ0v) is 17.4. The number of hydrogen-bond acceptors (Lipinski definition) is 6. The molecule has 1 fully saturated rings. The van der Waals surface area contributed by atoms with Gasteiger partial charge in [-0.25, -0.2) is 0 Å². The monoisotopic (exact) mass is 407 g/mol. The second-order valence-electron chi connectivity index (χ2n) is 7.61. The Balaban J connectivity index is 1.71. The summed E-state index contributed by atoms with van der Waals surface area (Å²) < 4.78 is 11.4. The second-order valence-corrected chi connectivity index (χ2v) is 7.61. The highest BCUT2D eigenvalue weighted by Crippen LogP contribution is 2.40. The van der Waals surface area contributed by atoms with E-state index in [1.807, 2.05) is 42.5 Å². The number of rotatable bonds is 6. The van der Waals surface area contributed by atoms with Crippen LogP contribution in [0.15, 0.2) is 43.4 Å². The molecular weight excluding hydrogens is 382 g/mol. The summed E-state index contributed by atoms with van der Waals surface area (Å²) in [7, 11) is 5.24. The molecule has 1 aromatic heterocycles. The van der Waals surface area contributed by atoms with Crippen LogP contribution in [0.1, 0.15) is 22.3 Å². The van der Waals surface area contributed by atoms with Gasteiger partial charge < -0.3 is 19.5 Å². The Hall–Kier alpha value is -3.32. The van der Waals surface area contributed by atoms with E-state index in [-0.39, 0.29) is 5.92 Å². The molecule has 0 bridgehead atoms. The molecule has 0 amide bonds. The van der Waals surface area contributed by atoms with Crippen LogP contribution < -0.4 is 9.47 Å². The molecule has 1 saturated heterocycles. The molecule has 0 spiro atoms. The minimum Gasteiger partial charge on any atom is -0.496 e. The summed E-state index contributed by atoms with van der Waals surface area (Å²) in [6.07, 6.45) is 5.65. The van der Waals surface area contributed by atoms with Gasteiger partial charge >= 0.3 is 5.97 Å². The van der Waals surface area contributed by atoms with Crippen LogP contribution in [0.5, 0.6) is 11.5 Å². The van der Waals surface area contributed by atoms with Gasteiger partial charge in [0.05, 0.1) is 25.7 Å². The Morgan fingerprint density at radius 2 is 1.90 bits per heavy atom. The number of fused-ring (bicyclic) bond motifs is 1. The summed E-state index contributed by atoms with van der Waals surface area (Å²) in [5.74, 6) is 0.379. The van der Waals surface area contributed by atoms with Crippen molar-refractivity contribution in [3.8, 4) is 11.5 Å². The van der Waals surface area contributed by atoms with Crippen molar-refractivity contribution < 1.29 is 19.4 Å². The third-order valence-electron chi connectivity index (χ3n) is 5.78. The van der Waals surface area contributed by atoms with E-state index in [4.69, 9.17) is 14.6 Å². The van der Waals surface area contributed by atoms with E-state index >= 15 is 0 Å². The minimum absolute atomic E-state index is 0.303. The van der Waals surface area contributed by atoms with Gasteiger partial charge in [-0.15, -0.1) is 0 Å². The average molecular weight is 407 g/mol. The number of likely N-dealkylation sites (tertiary alicyclic amines) is 1. The van der Waals surface area contributed by atoms with E-state index in [1.165, 1.54) is 0 Å². The topological polar surface area (TPSA) is 75.1 Å². The second kappa shape index (κ2) is 7.84. The van der Waals surface area contributed by atoms with Crippen LogP contribution in [0.4, 0.5) is 0 Å². The minimum atomic E-state index is -0.747. The molecule has 7 nitrogen and oxygen atoms in total. The van der Waals surface area contributed by atoms with Crippen molar-refractivity contribution in [2.24, 2.45) is 5.92 Å². The van der Waals surface area contributed by atoms with Crippen LogP contribution in [0.3, 0.4) is 0 Å². The first-order valence-corrected chi connectivity index (χ1v) is 9.71. The predicted octanol–water partition coefficient (Wildman–Crippen LogP) is 2.92. The Morgan fingerprint density at radius 1 is 1.23 bits per heavy atom. The highest BCUT2D eigenvalue weighted by atomic mass is 16.5. The Kier molecular flexibility index (Phi) is 5.22. The van der Waals surface area contributed by atoms with Gasteiger partial charge in [0, 0.05) is 62.1 Å². The number of carboxylic acids is 1. The first-order valence-electron chi connectivity index (χ1n) is 9.71. The number of aromatic nitrogens is 1. The van der Waals surface area contributed by atoms with Crippen molar-refractivity contribution in [1.29, 1.82) is 0 Å². The summed E-state index contributed by atoms with van der Waals surface area (Å²) in [5, 5.41) is 9.12. The fraction of sp³-hybridized carbons (Fsp3) is 0.304. The Labute approximate surface area is 175 Å². The molecule has 30 heavy (non-hydrogen) atoms. The first kappa shape index (κ1) is 20.0. The SMILES string of the molecule is C=C1c2cnccc2C(c2cc(OC)c(CN3CC(C(=O)O)C3)c(OC)c2)=CN1C. The lowest BCUT2D eigenvalue weighted by Crippen LogP contribution is -2.49. The van der Waals surface area contributed by atoms with Gasteiger partial charge in [0.1, 0.15) is 11.5 Å². The molecule has 2 aliphatic heterocycles. The van der Waals surface area contributed by atoms with E-state index < -0.39 is 5.97 Å². The van der Waals surface area contributed by atoms with Gasteiger partial charge in [0.2, 0.25) is 0 Å². The highest BCUT2D eigenvalue weighted by molar-refractivity contribution is 5.90. The molecule has 2 aliphatic rings. The van der Waals surface area contributed by atoms with Crippen molar-refractivity contribution in [2.45, 2.75) is 6.54 Å². The number of carbonyl (C=O) groups is 1. The smallest absolute Gasteiger partial charge is 0.309 e. The molecular formula is C23H25N3O4.